The monoisotopic (exact) mass is 786 g/mol. The Morgan fingerprint density at radius 2 is 1.04 bits per heavy atom. The Kier molecular flexibility index (Phi) is 14.3. The van der Waals surface area contributed by atoms with Crippen LogP contribution < -0.4 is 19.7 Å². The maximum absolute atomic E-state index is 14.4. The highest BCUT2D eigenvalue weighted by atomic mass is 32.2. The SMILES string of the molecule is CS(=O)(=O)N(Cc1ccc(C(=O)CN)cc1F)c1ccccc1F.CS(=O)(=O)N(Cc1ccc(C(=O)CNC(=O)C(F)F)cc1F)c1ccccc1F. The number of para-hydroxylation sites is 2. The molecule has 284 valence electrons. The van der Waals surface area contributed by atoms with Crippen molar-refractivity contribution >= 4 is 48.9 Å². The topological polar surface area (TPSA) is 164 Å². The first-order valence-corrected chi connectivity index (χ1v) is 18.8. The zero-order valence-corrected chi connectivity index (χ0v) is 29.5. The fraction of sp³-hybridized carbons (Fsp3) is 0.206. The first kappa shape index (κ1) is 42.1. The molecular weight excluding hydrogens is 755 g/mol. The summed E-state index contributed by atoms with van der Waals surface area (Å²) in [7, 11) is -7.81. The summed E-state index contributed by atoms with van der Waals surface area (Å²) in [5, 5.41) is 1.70. The lowest BCUT2D eigenvalue weighted by molar-refractivity contribution is -0.131. The second-order valence-corrected chi connectivity index (χ2v) is 14.9. The molecular formula is C34H32F6N4O7S2. The number of hydrogen-bond donors (Lipinski definition) is 2. The number of benzene rings is 4. The first-order chi connectivity index (χ1) is 24.7. The molecule has 0 aromatic heterocycles. The van der Waals surface area contributed by atoms with E-state index >= 15 is 0 Å². The third-order valence-electron chi connectivity index (χ3n) is 7.23. The molecule has 19 heteroatoms. The van der Waals surface area contributed by atoms with Gasteiger partial charge in [-0.15, -0.1) is 0 Å². The summed E-state index contributed by atoms with van der Waals surface area (Å²) in [5.41, 5.74) is 4.52. The minimum absolute atomic E-state index is 0.0113. The van der Waals surface area contributed by atoms with Crippen molar-refractivity contribution in [1.82, 2.24) is 5.32 Å². The van der Waals surface area contributed by atoms with Crippen molar-refractivity contribution in [3.05, 3.63) is 130 Å². The summed E-state index contributed by atoms with van der Waals surface area (Å²) in [6.45, 7) is -1.96. The Morgan fingerprint density at radius 1 is 0.642 bits per heavy atom. The molecule has 0 saturated carbocycles. The van der Waals surface area contributed by atoms with Crippen LogP contribution in [0.4, 0.5) is 37.7 Å². The summed E-state index contributed by atoms with van der Waals surface area (Å²) in [6, 6.07) is 17.1. The normalized spacial score (nSPS) is 11.4. The number of ketones is 2. The number of sulfonamides is 2. The fourth-order valence-corrected chi connectivity index (χ4v) is 6.30. The smallest absolute Gasteiger partial charge is 0.315 e. The number of alkyl halides is 2. The van der Waals surface area contributed by atoms with Crippen LogP contribution in [0, 0.1) is 23.3 Å². The summed E-state index contributed by atoms with van der Waals surface area (Å²) in [5.74, 6) is -6.17. The summed E-state index contributed by atoms with van der Waals surface area (Å²) in [4.78, 5) is 34.2. The molecule has 0 aliphatic carbocycles. The molecule has 3 N–H and O–H groups in total. The minimum Gasteiger partial charge on any atom is -0.344 e. The number of nitrogens with two attached hydrogens (primary N) is 1. The van der Waals surface area contributed by atoms with E-state index in [1.54, 1.807) is 5.32 Å². The lowest BCUT2D eigenvalue weighted by Gasteiger charge is -2.23. The second kappa shape index (κ2) is 18.0. The van der Waals surface area contributed by atoms with Crippen molar-refractivity contribution in [2.24, 2.45) is 5.73 Å². The van der Waals surface area contributed by atoms with Gasteiger partial charge in [-0.25, -0.2) is 34.4 Å². The van der Waals surface area contributed by atoms with Gasteiger partial charge in [-0.2, -0.15) is 8.78 Å². The molecule has 0 bridgehead atoms. The molecule has 1 amide bonds. The fourth-order valence-electron chi connectivity index (χ4n) is 4.54. The largest absolute Gasteiger partial charge is 0.344 e. The average molecular weight is 787 g/mol. The van der Waals surface area contributed by atoms with Gasteiger partial charge in [0, 0.05) is 22.3 Å². The van der Waals surface area contributed by atoms with Crippen LogP contribution >= 0.6 is 0 Å². The Bertz CT molecular complexity index is 2210. The van der Waals surface area contributed by atoms with Gasteiger partial charge in [0.15, 0.2) is 11.6 Å². The molecule has 0 radical (unpaired) electrons. The number of rotatable bonds is 14. The minimum atomic E-state index is -3.97. The van der Waals surface area contributed by atoms with Crippen LogP contribution in [-0.2, 0) is 37.9 Å². The van der Waals surface area contributed by atoms with Crippen molar-refractivity contribution in [3.63, 3.8) is 0 Å². The number of anilines is 2. The highest BCUT2D eigenvalue weighted by Gasteiger charge is 2.24. The van der Waals surface area contributed by atoms with Crippen molar-refractivity contribution in [3.8, 4) is 0 Å². The molecule has 0 aliphatic heterocycles. The van der Waals surface area contributed by atoms with Crippen molar-refractivity contribution in [2.75, 3.05) is 34.2 Å². The van der Waals surface area contributed by atoms with E-state index in [1.807, 2.05) is 0 Å². The van der Waals surface area contributed by atoms with Crippen LogP contribution in [0.3, 0.4) is 0 Å². The van der Waals surface area contributed by atoms with Crippen molar-refractivity contribution < 1.29 is 57.6 Å². The third-order valence-corrected chi connectivity index (χ3v) is 9.48. The Morgan fingerprint density at radius 3 is 1.38 bits per heavy atom. The first-order valence-electron chi connectivity index (χ1n) is 15.1. The maximum Gasteiger partial charge on any atom is 0.315 e. The van der Waals surface area contributed by atoms with Crippen LogP contribution in [0.1, 0.15) is 31.8 Å². The number of amides is 1. The zero-order chi connectivity index (χ0) is 39.7. The second-order valence-electron chi connectivity index (χ2n) is 11.1. The Hall–Kier alpha value is -5.27. The van der Waals surface area contributed by atoms with Gasteiger partial charge in [0.05, 0.1) is 50.1 Å². The van der Waals surface area contributed by atoms with Crippen molar-refractivity contribution in [2.45, 2.75) is 19.5 Å². The molecule has 0 atom stereocenters. The van der Waals surface area contributed by atoms with Crippen LogP contribution in [0.2, 0.25) is 0 Å². The number of nitrogens with zero attached hydrogens (tertiary/aromatic N) is 2. The molecule has 0 spiro atoms. The van der Waals surface area contributed by atoms with Crippen molar-refractivity contribution in [1.29, 1.82) is 0 Å². The molecule has 4 aromatic rings. The number of halogens is 6. The van der Waals surface area contributed by atoms with Gasteiger partial charge in [0.2, 0.25) is 20.0 Å². The van der Waals surface area contributed by atoms with E-state index in [-0.39, 0.29) is 40.2 Å². The van der Waals surface area contributed by atoms with Gasteiger partial charge >= 0.3 is 6.43 Å². The van der Waals surface area contributed by atoms with Gasteiger partial charge in [-0.1, -0.05) is 48.5 Å². The zero-order valence-electron chi connectivity index (χ0n) is 27.9. The van der Waals surface area contributed by atoms with E-state index in [2.05, 4.69) is 0 Å². The van der Waals surface area contributed by atoms with Gasteiger partial charge in [0.25, 0.3) is 5.91 Å². The number of hydrogen-bond acceptors (Lipinski definition) is 8. The number of carbonyl (C=O) groups excluding carboxylic acids is 3. The highest BCUT2D eigenvalue weighted by molar-refractivity contribution is 7.92. The molecule has 53 heavy (non-hydrogen) atoms. The van der Waals surface area contributed by atoms with Gasteiger partial charge < -0.3 is 11.1 Å². The summed E-state index contributed by atoms with van der Waals surface area (Å²) < 4.78 is 130. The Labute approximate surface area is 301 Å². The van der Waals surface area contributed by atoms with E-state index in [1.165, 1.54) is 48.5 Å². The van der Waals surface area contributed by atoms with E-state index in [4.69, 9.17) is 5.73 Å². The lowest BCUT2D eigenvalue weighted by Crippen LogP contribution is -2.34. The van der Waals surface area contributed by atoms with E-state index in [0.717, 1.165) is 53.2 Å². The molecule has 0 aliphatic rings. The van der Waals surface area contributed by atoms with Gasteiger partial charge in [-0.3, -0.25) is 23.0 Å². The molecule has 4 aromatic carbocycles. The molecule has 0 saturated heterocycles. The van der Waals surface area contributed by atoms with E-state index in [9.17, 15) is 57.6 Å². The van der Waals surface area contributed by atoms with Crippen LogP contribution in [0.25, 0.3) is 0 Å². The average Bonchev–Trinajstić information content (AvgIpc) is 3.09. The molecule has 0 heterocycles. The maximum atomic E-state index is 14.4. The van der Waals surface area contributed by atoms with Crippen LogP contribution in [0.5, 0.6) is 0 Å². The molecule has 0 unspecified atom stereocenters. The summed E-state index contributed by atoms with van der Waals surface area (Å²) in [6.07, 6.45) is -1.55. The van der Waals surface area contributed by atoms with E-state index in [0.29, 0.717) is 4.31 Å². The van der Waals surface area contributed by atoms with Crippen LogP contribution in [-0.4, -0.2) is 66.3 Å². The van der Waals surface area contributed by atoms with Crippen LogP contribution in [0.15, 0.2) is 84.9 Å². The van der Waals surface area contributed by atoms with Gasteiger partial charge in [-0.05, 0) is 36.4 Å². The summed E-state index contributed by atoms with van der Waals surface area (Å²) >= 11 is 0. The third kappa shape index (κ3) is 11.6. The number of Topliss-reactive ketones (excluding diaryl/α,β-unsaturated/α-hetero) is 2. The number of carbonyl (C=O) groups is 3. The standard InChI is InChI=1S/C18H16F4N2O4S.C16H16F2N2O3S/c1-29(27,28)24(15-5-3-2-4-13(15)19)10-12-7-6-11(8-14(12)20)16(25)9-23-18(26)17(21)22;1-24(22,23)20(15-5-3-2-4-13(15)17)10-12-7-6-11(8-14(12)18)16(21)9-19/h2-8,17H,9-10H2,1H3,(H,23,26);2-8H,9-10,19H2,1H3. The molecule has 0 fully saturated rings. The Balaban J connectivity index is 0.000000290. The number of nitrogens with one attached hydrogen (secondary N) is 1. The van der Waals surface area contributed by atoms with E-state index < -0.39 is 86.8 Å². The molecule has 4 rings (SSSR count). The molecule has 11 nitrogen and oxygen atoms in total. The predicted octanol–water partition coefficient (Wildman–Crippen LogP) is 4.57. The highest BCUT2D eigenvalue weighted by Crippen LogP contribution is 2.26. The quantitative estimate of drug-likeness (QED) is 0.139. The predicted molar refractivity (Wildman–Crippen MR) is 184 cm³/mol. The lowest BCUT2D eigenvalue weighted by atomic mass is 10.1. The van der Waals surface area contributed by atoms with Gasteiger partial charge in [0.1, 0.15) is 23.3 Å².